The van der Waals surface area contributed by atoms with Crippen molar-refractivity contribution in [2.24, 2.45) is 5.73 Å². The number of nitrogens with two attached hydrogens (primary N) is 1. The predicted octanol–water partition coefficient (Wildman–Crippen LogP) is 1.96. The number of likely N-dealkylation sites (tertiary alicyclic amines) is 1. The van der Waals surface area contributed by atoms with E-state index in [1.165, 1.54) is 0 Å². The molecule has 2 rings (SSSR count). The molecular formula is C14H21ClN2O2. The summed E-state index contributed by atoms with van der Waals surface area (Å²) in [6, 6.07) is 7.78. The number of ether oxygens (including phenoxy) is 1. The van der Waals surface area contributed by atoms with Gasteiger partial charge < -0.3 is 15.4 Å². The zero-order chi connectivity index (χ0) is 13.2. The van der Waals surface area contributed by atoms with Crippen LogP contribution in [0.1, 0.15) is 25.3 Å². The number of halogens is 1. The number of rotatable bonds is 3. The summed E-state index contributed by atoms with van der Waals surface area (Å²) in [6.07, 6.45) is 1.74. The molecule has 1 unspecified atom stereocenters. The first-order valence-corrected chi connectivity index (χ1v) is 6.24. The minimum atomic E-state index is -0.704. The Morgan fingerprint density at radius 1 is 1.37 bits per heavy atom. The van der Waals surface area contributed by atoms with Gasteiger partial charge in [-0.25, -0.2) is 0 Å². The Morgan fingerprint density at radius 2 is 2.00 bits per heavy atom. The quantitative estimate of drug-likeness (QED) is 0.923. The van der Waals surface area contributed by atoms with Gasteiger partial charge >= 0.3 is 0 Å². The Balaban J connectivity index is 0.00000180. The highest BCUT2D eigenvalue weighted by molar-refractivity contribution is 5.86. The Morgan fingerprint density at radius 3 is 2.58 bits per heavy atom. The van der Waals surface area contributed by atoms with E-state index in [0.717, 1.165) is 30.7 Å². The van der Waals surface area contributed by atoms with Crippen LogP contribution in [0.5, 0.6) is 5.75 Å². The second-order valence-electron chi connectivity index (χ2n) is 5.10. The smallest absolute Gasteiger partial charge is 0.242 e. The van der Waals surface area contributed by atoms with E-state index >= 15 is 0 Å². The first-order chi connectivity index (χ1) is 8.53. The second-order valence-corrected chi connectivity index (χ2v) is 5.10. The summed E-state index contributed by atoms with van der Waals surface area (Å²) in [5.74, 6) is 0.872. The number of benzene rings is 1. The first-order valence-electron chi connectivity index (χ1n) is 6.24. The molecule has 1 amide bonds. The summed E-state index contributed by atoms with van der Waals surface area (Å²) in [6.45, 7) is 3.22. The van der Waals surface area contributed by atoms with Gasteiger partial charge in [0, 0.05) is 13.1 Å². The number of carbonyl (C=O) groups is 1. The zero-order valence-corrected chi connectivity index (χ0v) is 12.2. The highest BCUT2D eigenvalue weighted by atomic mass is 35.5. The van der Waals surface area contributed by atoms with Crippen molar-refractivity contribution in [1.29, 1.82) is 0 Å². The summed E-state index contributed by atoms with van der Waals surface area (Å²) >= 11 is 0. The van der Waals surface area contributed by atoms with Crippen LogP contribution in [0.15, 0.2) is 24.3 Å². The van der Waals surface area contributed by atoms with E-state index in [1.807, 2.05) is 36.1 Å². The van der Waals surface area contributed by atoms with Gasteiger partial charge in [0.1, 0.15) is 5.75 Å². The molecule has 19 heavy (non-hydrogen) atoms. The summed E-state index contributed by atoms with van der Waals surface area (Å²) < 4.78 is 5.11. The molecule has 1 fully saturated rings. The maximum Gasteiger partial charge on any atom is 0.242 e. The third kappa shape index (κ3) is 3.61. The third-order valence-electron chi connectivity index (χ3n) is 3.43. The Bertz CT molecular complexity index is 432. The lowest BCUT2D eigenvalue weighted by Gasteiger charge is -2.37. The van der Waals surface area contributed by atoms with Gasteiger partial charge in [-0.05, 0) is 37.5 Å². The first kappa shape index (κ1) is 15.8. The number of piperidine rings is 1. The zero-order valence-electron chi connectivity index (χ0n) is 11.4. The summed E-state index contributed by atoms with van der Waals surface area (Å²) in [5.41, 5.74) is 6.40. The van der Waals surface area contributed by atoms with Crippen LogP contribution in [0.25, 0.3) is 0 Å². The van der Waals surface area contributed by atoms with E-state index in [9.17, 15) is 4.79 Å². The SMILES string of the molecule is COc1ccc(CN2CCCC(C)(N)C2=O)cc1.Cl. The average molecular weight is 285 g/mol. The molecule has 0 spiro atoms. The molecule has 1 aromatic rings. The van der Waals surface area contributed by atoms with Crippen molar-refractivity contribution in [3.8, 4) is 5.75 Å². The van der Waals surface area contributed by atoms with E-state index < -0.39 is 5.54 Å². The molecule has 4 nitrogen and oxygen atoms in total. The van der Waals surface area contributed by atoms with Crippen molar-refractivity contribution in [3.05, 3.63) is 29.8 Å². The topological polar surface area (TPSA) is 55.6 Å². The molecule has 5 heteroatoms. The van der Waals surface area contributed by atoms with Crippen molar-refractivity contribution < 1.29 is 9.53 Å². The van der Waals surface area contributed by atoms with Crippen LogP contribution >= 0.6 is 12.4 Å². The van der Waals surface area contributed by atoms with Crippen molar-refractivity contribution in [2.45, 2.75) is 31.8 Å². The number of hydrogen-bond donors (Lipinski definition) is 1. The number of amides is 1. The molecule has 1 atom stereocenters. The lowest BCUT2D eigenvalue weighted by molar-refractivity contribution is -0.140. The normalized spacial score (nSPS) is 22.9. The van der Waals surface area contributed by atoms with Gasteiger partial charge in [-0.1, -0.05) is 12.1 Å². The van der Waals surface area contributed by atoms with E-state index in [-0.39, 0.29) is 18.3 Å². The van der Waals surface area contributed by atoms with E-state index in [4.69, 9.17) is 10.5 Å². The molecule has 0 bridgehead atoms. The standard InChI is InChI=1S/C14H20N2O2.ClH/c1-14(15)8-3-9-16(13(14)17)10-11-4-6-12(18-2)7-5-11;/h4-7H,3,8-10,15H2,1-2H3;1H. The predicted molar refractivity (Wildman–Crippen MR) is 77.5 cm³/mol. The van der Waals surface area contributed by atoms with Crippen LogP contribution in [0.4, 0.5) is 0 Å². The van der Waals surface area contributed by atoms with Crippen LogP contribution in [0.2, 0.25) is 0 Å². The summed E-state index contributed by atoms with van der Waals surface area (Å²) in [4.78, 5) is 14.0. The number of nitrogens with zero attached hydrogens (tertiary/aromatic N) is 1. The van der Waals surface area contributed by atoms with E-state index in [1.54, 1.807) is 7.11 Å². The van der Waals surface area contributed by atoms with Crippen molar-refractivity contribution in [3.63, 3.8) is 0 Å². The number of hydrogen-bond acceptors (Lipinski definition) is 3. The van der Waals surface area contributed by atoms with Crippen LogP contribution in [0.3, 0.4) is 0 Å². The fraction of sp³-hybridized carbons (Fsp3) is 0.500. The fourth-order valence-electron chi connectivity index (χ4n) is 2.31. The van der Waals surface area contributed by atoms with Gasteiger partial charge in [0.2, 0.25) is 5.91 Å². The molecule has 1 aromatic carbocycles. The minimum Gasteiger partial charge on any atom is -0.497 e. The molecule has 1 heterocycles. The number of methoxy groups -OCH3 is 1. The van der Waals surface area contributed by atoms with Crippen LogP contribution in [-0.2, 0) is 11.3 Å². The molecule has 106 valence electrons. The Hall–Kier alpha value is -1.26. The lowest BCUT2D eigenvalue weighted by atomic mass is 9.91. The molecule has 1 aliphatic heterocycles. The molecule has 0 aliphatic carbocycles. The largest absolute Gasteiger partial charge is 0.497 e. The number of carbonyl (C=O) groups excluding carboxylic acids is 1. The van der Waals surface area contributed by atoms with Crippen LogP contribution in [-0.4, -0.2) is 30.0 Å². The molecular weight excluding hydrogens is 264 g/mol. The third-order valence-corrected chi connectivity index (χ3v) is 3.43. The van der Waals surface area contributed by atoms with Gasteiger partial charge in [-0.2, -0.15) is 0 Å². The highest BCUT2D eigenvalue weighted by Gasteiger charge is 2.35. The van der Waals surface area contributed by atoms with Gasteiger partial charge in [-0.15, -0.1) is 12.4 Å². The molecule has 0 radical (unpaired) electrons. The summed E-state index contributed by atoms with van der Waals surface area (Å²) in [7, 11) is 1.64. The fourth-order valence-corrected chi connectivity index (χ4v) is 2.31. The maximum atomic E-state index is 12.2. The van der Waals surface area contributed by atoms with Crippen molar-refractivity contribution in [2.75, 3.05) is 13.7 Å². The Kier molecular flexibility index (Phi) is 5.20. The molecule has 0 aromatic heterocycles. The monoisotopic (exact) mass is 284 g/mol. The molecule has 1 aliphatic rings. The van der Waals surface area contributed by atoms with Crippen molar-refractivity contribution in [1.82, 2.24) is 4.90 Å². The van der Waals surface area contributed by atoms with Gasteiger partial charge in [-0.3, -0.25) is 4.79 Å². The second kappa shape index (κ2) is 6.26. The van der Waals surface area contributed by atoms with Gasteiger partial charge in [0.05, 0.1) is 12.6 Å². The van der Waals surface area contributed by atoms with Gasteiger partial charge in [0.25, 0.3) is 0 Å². The molecule has 2 N–H and O–H groups in total. The lowest BCUT2D eigenvalue weighted by Crippen LogP contribution is -2.56. The van der Waals surface area contributed by atoms with Crippen LogP contribution < -0.4 is 10.5 Å². The average Bonchev–Trinajstić information content (AvgIpc) is 2.36. The van der Waals surface area contributed by atoms with E-state index in [0.29, 0.717) is 6.54 Å². The van der Waals surface area contributed by atoms with E-state index in [2.05, 4.69) is 0 Å². The highest BCUT2D eigenvalue weighted by Crippen LogP contribution is 2.22. The Labute approximate surface area is 120 Å². The molecule has 0 saturated carbocycles. The van der Waals surface area contributed by atoms with Crippen LogP contribution in [0, 0.1) is 0 Å². The molecule has 1 saturated heterocycles. The minimum absolute atomic E-state index is 0. The summed E-state index contributed by atoms with van der Waals surface area (Å²) in [5, 5.41) is 0. The van der Waals surface area contributed by atoms with Crippen molar-refractivity contribution >= 4 is 18.3 Å². The maximum absolute atomic E-state index is 12.2. The van der Waals surface area contributed by atoms with Gasteiger partial charge in [0.15, 0.2) is 0 Å².